The van der Waals surface area contributed by atoms with E-state index in [-0.39, 0.29) is 0 Å². The molecule has 0 unspecified atom stereocenters. The van der Waals surface area contributed by atoms with Crippen LogP contribution < -0.4 is 0 Å². The largest absolute Gasteiger partial charge is 0.390 e. The molecule has 1 aliphatic rings. The van der Waals surface area contributed by atoms with E-state index in [1.165, 1.54) is 11.1 Å². The molecule has 1 heteroatoms. The monoisotopic (exact) mass is 222 g/mol. The second kappa shape index (κ2) is 5.67. The van der Waals surface area contributed by atoms with Crippen molar-refractivity contribution < 1.29 is 5.11 Å². The smallest absolute Gasteiger partial charge is 0.0653 e. The van der Waals surface area contributed by atoms with Crippen LogP contribution in [0, 0.1) is 5.92 Å². The lowest BCUT2D eigenvalue weighted by Gasteiger charge is -2.34. The topological polar surface area (TPSA) is 20.2 Å². The number of aliphatic hydroxyl groups is 1. The van der Waals surface area contributed by atoms with Gasteiger partial charge in [-0.2, -0.15) is 0 Å². The minimum Gasteiger partial charge on any atom is -0.390 e. The highest BCUT2D eigenvalue weighted by Gasteiger charge is 2.31. The van der Waals surface area contributed by atoms with Gasteiger partial charge in [0.1, 0.15) is 0 Å². The zero-order valence-corrected chi connectivity index (χ0v) is 11.2. The predicted molar refractivity (Wildman–Crippen MR) is 70.4 cm³/mol. The summed E-state index contributed by atoms with van der Waals surface area (Å²) in [4.78, 5) is 0. The van der Waals surface area contributed by atoms with Crippen LogP contribution in [0.5, 0.6) is 0 Å². The molecule has 0 amide bonds. The number of hydrogen-bond acceptors (Lipinski definition) is 1. The van der Waals surface area contributed by atoms with E-state index in [0.717, 1.165) is 32.1 Å². The molecule has 0 radical (unpaired) electrons. The summed E-state index contributed by atoms with van der Waals surface area (Å²) in [7, 11) is 0. The van der Waals surface area contributed by atoms with Gasteiger partial charge in [-0.05, 0) is 65.7 Å². The lowest BCUT2D eigenvalue weighted by molar-refractivity contribution is -0.0122. The summed E-state index contributed by atoms with van der Waals surface area (Å²) in [5.41, 5.74) is 2.33. The molecule has 0 saturated heterocycles. The van der Waals surface area contributed by atoms with Gasteiger partial charge >= 0.3 is 0 Å². The van der Waals surface area contributed by atoms with Crippen molar-refractivity contribution in [3.05, 3.63) is 23.3 Å². The van der Waals surface area contributed by atoms with Gasteiger partial charge in [-0.25, -0.2) is 0 Å². The summed E-state index contributed by atoms with van der Waals surface area (Å²) in [6, 6.07) is 0. The Labute approximate surface area is 100 Å². The van der Waals surface area contributed by atoms with Gasteiger partial charge in [-0.1, -0.05) is 23.3 Å². The molecule has 0 heterocycles. The summed E-state index contributed by atoms with van der Waals surface area (Å²) in [5, 5.41) is 10.5. The average Bonchev–Trinajstić information content (AvgIpc) is 2.17. The minimum absolute atomic E-state index is 0.446. The van der Waals surface area contributed by atoms with E-state index in [2.05, 4.69) is 32.9 Å². The normalized spacial score (nSPS) is 24.6. The Balaban J connectivity index is 2.47. The van der Waals surface area contributed by atoms with Crippen LogP contribution in [-0.2, 0) is 0 Å². The quantitative estimate of drug-likeness (QED) is 0.706. The molecule has 2 atom stereocenters. The van der Waals surface area contributed by atoms with Gasteiger partial charge in [0, 0.05) is 0 Å². The Morgan fingerprint density at radius 1 is 1.56 bits per heavy atom. The number of rotatable bonds is 4. The molecular weight excluding hydrogens is 196 g/mol. The van der Waals surface area contributed by atoms with Gasteiger partial charge in [0.2, 0.25) is 0 Å². The van der Waals surface area contributed by atoms with Crippen molar-refractivity contribution in [3.63, 3.8) is 0 Å². The zero-order chi connectivity index (χ0) is 12.2. The zero-order valence-electron chi connectivity index (χ0n) is 11.2. The SMILES string of the molecule is CC(C)=CCC[C@@](C)(O)[C@@H]1CC=C(C)CC1. The maximum absolute atomic E-state index is 10.5. The van der Waals surface area contributed by atoms with Crippen LogP contribution in [0.1, 0.15) is 59.8 Å². The molecule has 92 valence electrons. The molecule has 0 aliphatic heterocycles. The summed E-state index contributed by atoms with van der Waals surface area (Å²) >= 11 is 0. The molecule has 0 aromatic rings. The highest BCUT2D eigenvalue weighted by atomic mass is 16.3. The van der Waals surface area contributed by atoms with Crippen LogP contribution in [0.3, 0.4) is 0 Å². The minimum atomic E-state index is -0.497. The van der Waals surface area contributed by atoms with Gasteiger partial charge in [0.25, 0.3) is 0 Å². The fraction of sp³-hybridized carbons (Fsp3) is 0.733. The molecule has 0 aromatic carbocycles. The first-order valence-electron chi connectivity index (χ1n) is 6.43. The first-order chi connectivity index (χ1) is 7.42. The standard InChI is InChI=1S/C15H26O/c1-12(2)6-5-11-15(4,16)14-9-7-13(3)8-10-14/h6-7,14,16H,5,8-11H2,1-4H3/t14-,15-/m1/s1. The van der Waals surface area contributed by atoms with Crippen molar-refractivity contribution in [1.29, 1.82) is 0 Å². The maximum atomic E-state index is 10.5. The van der Waals surface area contributed by atoms with Gasteiger partial charge in [0.05, 0.1) is 5.60 Å². The van der Waals surface area contributed by atoms with Crippen molar-refractivity contribution in [2.24, 2.45) is 5.92 Å². The molecule has 1 N–H and O–H groups in total. The van der Waals surface area contributed by atoms with E-state index in [9.17, 15) is 5.11 Å². The number of hydrogen-bond donors (Lipinski definition) is 1. The fourth-order valence-corrected chi connectivity index (χ4v) is 2.39. The van der Waals surface area contributed by atoms with E-state index in [1.54, 1.807) is 0 Å². The van der Waals surface area contributed by atoms with Crippen molar-refractivity contribution in [2.45, 2.75) is 65.4 Å². The highest BCUT2D eigenvalue weighted by Crippen LogP contribution is 2.34. The van der Waals surface area contributed by atoms with Gasteiger partial charge in [-0.3, -0.25) is 0 Å². The molecule has 0 spiro atoms. The van der Waals surface area contributed by atoms with E-state index in [4.69, 9.17) is 0 Å². The third-order valence-electron chi connectivity index (χ3n) is 3.72. The Morgan fingerprint density at radius 3 is 2.75 bits per heavy atom. The van der Waals surface area contributed by atoms with Gasteiger partial charge in [0.15, 0.2) is 0 Å². The van der Waals surface area contributed by atoms with Crippen LogP contribution in [-0.4, -0.2) is 10.7 Å². The van der Waals surface area contributed by atoms with Gasteiger partial charge in [-0.15, -0.1) is 0 Å². The molecule has 1 rings (SSSR count). The second-order valence-electron chi connectivity index (χ2n) is 5.70. The molecule has 1 aliphatic carbocycles. The summed E-state index contributed by atoms with van der Waals surface area (Å²) in [5.74, 6) is 0.446. The molecule has 0 aromatic heterocycles. The summed E-state index contributed by atoms with van der Waals surface area (Å²) in [6.45, 7) is 8.42. The van der Waals surface area contributed by atoms with E-state index in [0.29, 0.717) is 5.92 Å². The fourth-order valence-electron chi connectivity index (χ4n) is 2.39. The highest BCUT2D eigenvalue weighted by molar-refractivity contribution is 5.06. The van der Waals surface area contributed by atoms with E-state index in [1.807, 2.05) is 6.92 Å². The van der Waals surface area contributed by atoms with Gasteiger partial charge < -0.3 is 5.11 Å². The molecular formula is C15H26O. The number of allylic oxidation sites excluding steroid dienone is 4. The van der Waals surface area contributed by atoms with Crippen molar-refractivity contribution in [1.82, 2.24) is 0 Å². The maximum Gasteiger partial charge on any atom is 0.0653 e. The second-order valence-corrected chi connectivity index (χ2v) is 5.70. The van der Waals surface area contributed by atoms with Crippen LogP contribution in [0.2, 0.25) is 0 Å². The predicted octanol–water partition coefficient (Wildman–Crippen LogP) is 4.23. The van der Waals surface area contributed by atoms with Crippen LogP contribution in [0.4, 0.5) is 0 Å². The molecule has 16 heavy (non-hydrogen) atoms. The third-order valence-corrected chi connectivity index (χ3v) is 3.72. The first-order valence-corrected chi connectivity index (χ1v) is 6.43. The Hall–Kier alpha value is -0.560. The average molecular weight is 222 g/mol. The molecule has 0 fully saturated rings. The third kappa shape index (κ3) is 4.13. The van der Waals surface area contributed by atoms with Crippen LogP contribution in [0.15, 0.2) is 23.3 Å². The van der Waals surface area contributed by atoms with Crippen molar-refractivity contribution in [2.75, 3.05) is 0 Å². The summed E-state index contributed by atoms with van der Waals surface area (Å²) < 4.78 is 0. The first kappa shape index (κ1) is 13.5. The lowest BCUT2D eigenvalue weighted by Crippen LogP contribution is -2.35. The molecule has 0 bridgehead atoms. The van der Waals surface area contributed by atoms with Crippen LogP contribution in [0.25, 0.3) is 0 Å². The molecule has 0 saturated carbocycles. The summed E-state index contributed by atoms with van der Waals surface area (Å²) in [6.07, 6.45) is 9.74. The van der Waals surface area contributed by atoms with Crippen LogP contribution >= 0.6 is 0 Å². The van der Waals surface area contributed by atoms with E-state index >= 15 is 0 Å². The lowest BCUT2D eigenvalue weighted by atomic mass is 9.76. The van der Waals surface area contributed by atoms with E-state index < -0.39 is 5.60 Å². The van der Waals surface area contributed by atoms with Crippen molar-refractivity contribution >= 4 is 0 Å². The Kier molecular flexibility index (Phi) is 4.79. The molecule has 1 nitrogen and oxygen atoms in total. The Morgan fingerprint density at radius 2 is 2.25 bits per heavy atom. The Bertz CT molecular complexity index is 280. The van der Waals surface area contributed by atoms with Crippen molar-refractivity contribution in [3.8, 4) is 0 Å².